The Morgan fingerprint density at radius 3 is 2.33 bits per heavy atom. The van der Waals surface area contributed by atoms with E-state index < -0.39 is 45.2 Å². The van der Waals surface area contributed by atoms with Crippen LogP contribution >= 0.6 is 0 Å². The van der Waals surface area contributed by atoms with Gasteiger partial charge in [-0.1, -0.05) is 6.07 Å². The number of hydrogen-bond donors (Lipinski definition) is 2. The van der Waals surface area contributed by atoms with E-state index in [4.69, 9.17) is 15.6 Å². The number of aliphatic carboxylic acids is 1. The van der Waals surface area contributed by atoms with Crippen molar-refractivity contribution in [2.45, 2.75) is 36.6 Å². The zero-order valence-corrected chi connectivity index (χ0v) is 17.4. The largest absolute Gasteiger partial charge is 0.480 e. The number of anilines is 1. The smallest absolute Gasteiger partial charge is 0.416 e. The lowest BCUT2D eigenvalue weighted by Crippen LogP contribution is -2.40. The predicted molar refractivity (Wildman–Crippen MR) is 106 cm³/mol. The second-order valence-corrected chi connectivity index (χ2v) is 9.37. The molecule has 162 valence electrons. The number of ether oxygens (including phenoxy) is 1. The normalized spacial score (nSPS) is 12.8. The number of carboxylic acid groups (broad SMARTS) is 1. The van der Waals surface area contributed by atoms with Crippen molar-refractivity contribution in [1.29, 1.82) is 0 Å². The minimum atomic E-state index is -4.13. The Bertz CT molecular complexity index is 1030. The molecule has 1 aromatic heterocycles. The average Bonchev–Trinajstić information content (AvgIpc) is 2.64. The summed E-state index contributed by atoms with van der Waals surface area (Å²) in [6.07, 6.45) is -0.968. The molecular formula is C19H22FN3O6S. The molecule has 2 aromatic rings. The minimum Gasteiger partial charge on any atom is -0.480 e. The highest BCUT2D eigenvalue weighted by atomic mass is 32.2. The number of carbonyl (C=O) groups excluding carboxylic acids is 1. The molecule has 0 aliphatic carbocycles. The lowest BCUT2D eigenvalue weighted by atomic mass is 10.2. The van der Waals surface area contributed by atoms with E-state index in [1.165, 1.54) is 18.2 Å². The van der Waals surface area contributed by atoms with Gasteiger partial charge in [0.2, 0.25) is 0 Å². The van der Waals surface area contributed by atoms with E-state index in [2.05, 4.69) is 4.98 Å². The number of benzene rings is 1. The van der Waals surface area contributed by atoms with E-state index in [9.17, 15) is 22.4 Å². The van der Waals surface area contributed by atoms with Crippen molar-refractivity contribution in [2.75, 3.05) is 11.4 Å². The maximum atomic E-state index is 13.1. The maximum absolute atomic E-state index is 13.1. The number of nitrogens with two attached hydrogens (primary N) is 1. The van der Waals surface area contributed by atoms with Crippen molar-refractivity contribution < 1.29 is 32.2 Å². The summed E-state index contributed by atoms with van der Waals surface area (Å²) in [4.78, 5) is 28.3. The van der Waals surface area contributed by atoms with Crippen LogP contribution < -0.4 is 10.6 Å². The van der Waals surface area contributed by atoms with E-state index in [1.807, 2.05) is 0 Å². The molecule has 0 saturated carbocycles. The fourth-order valence-electron chi connectivity index (χ4n) is 2.37. The van der Waals surface area contributed by atoms with Crippen molar-refractivity contribution >= 4 is 27.7 Å². The number of carboxylic acids is 1. The van der Waals surface area contributed by atoms with Crippen molar-refractivity contribution in [2.24, 2.45) is 5.73 Å². The van der Waals surface area contributed by atoms with Gasteiger partial charge in [-0.2, -0.15) is 0 Å². The molecule has 1 aromatic carbocycles. The molecule has 0 spiro atoms. The molecular weight excluding hydrogens is 417 g/mol. The Morgan fingerprint density at radius 2 is 1.80 bits per heavy atom. The average molecular weight is 439 g/mol. The molecule has 1 amide bonds. The van der Waals surface area contributed by atoms with Crippen LogP contribution in [0.15, 0.2) is 47.4 Å². The van der Waals surface area contributed by atoms with Crippen LogP contribution in [0.4, 0.5) is 15.0 Å². The highest BCUT2D eigenvalue weighted by Crippen LogP contribution is 2.26. The third-order valence-corrected chi connectivity index (χ3v) is 5.55. The summed E-state index contributed by atoms with van der Waals surface area (Å²) in [6.45, 7) is 4.07. The summed E-state index contributed by atoms with van der Waals surface area (Å²) in [5.74, 6) is -2.07. The number of nitrogens with zero attached hydrogens (tertiary/aromatic N) is 2. The lowest BCUT2D eigenvalue weighted by molar-refractivity contribution is -0.135. The predicted octanol–water partition coefficient (Wildman–Crippen LogP) is 2.48. The monoisotopic (exact) mass is 439 g/mol. The highest BCUT2D eigenvalue weighted by molar-refractivity contribution is 7.91. The molecule has 0 saturated heterocycles. The molecule has 0 aliphatic heterocycles. The first-order valence-corrected chi connectivity index (χ1v) is 10.3. The van der Waals surface area contributed by atoms with Crippen LogP contribution in [-0.2, 0) is 19.4 Å². The fourth-order valence-corrected chi connectivity index (χ4v) is 3.63. The Hall–Kier alpha value is -3.05. The maximum Gasteiger partial charge on any atom is 0.416 e. The number of carbonyl (C=O) groups is 2. The number of aromatic nitrogens is 1. The zero-order chi connectivity index (χ0) is 22.7. The molecule has 0 fully saturated rings. The number of halogens is 1. The SMILES string of the molecule is CC(C)(C)OC(=O)N(CC(=O)O)c1cccc(C(N)S(=O)(=O)c2ccc(F)cc2)n1. The van der Waals surface area contributed by atoms with Crippen molar-refractivity contribution in [3.63, 3.8) is 0 Å². The molecule has 0 radical (unpaired) electrons. The Balaban J connectivity index is 2.41. The van der Waals surface area contributed by atoms with Gasteiger partial charge in [-0.3, -0.25) is 9.69 Å². The Kier molecular flexibility index (Phi) is 6.78. The minimum absolute atomic E-state index is 0.129. The third-order valence-electron chi connectivity index (χ3n) is 3.71. The van der Waals surface area contributed by atoms with E-state index in [0.29, 0.717) is 0 Å². The number of amides is 1. The summed E-state index contributed by atoms with van der Waals surface area (Å²) in [7, 11) is -4.13. The lowest BCUT2D eigenvalue weighted by Gasteiger charge is -2.26. The first-order chi connectivity index (χ1) is 13.8. The first kappa shape index (κ1) is 23.2. The number of hydrogen-bond acceptors (Lipinski definition) is 7. The van der Waals surface area contributed by atoms with Gasteiger partial charge in [0.15, 0.2) is 15.2 Å². The van der Waals surface area contributed by atoms with Gasteiger partial charge >= 0.3 is 12.1 Å². The molecule has 2 rings (SSSR count). The Morgan fingerprint density at radius 1 is 1.20 bits per heavy atom. The second-order valence-electron chi connectivity index (χ2n) is 7.30. The van der Waals surface area contributed by atoms with Gasteiger partial charge in [0.1, 0.15) is 23.8 Å². The van der Waals surface area contributed by atoms with Crippen LogP contribution in [0.2, 0.25) is 0 Å². The summed E-state index contributed by atoms with van der Waals surface area (Å²) in [5, 5.41) is 7.51. The van der Waals surface area contributed by atoms with Gasteiger partial charge in [0, 0.05) is 0 Å². The second kappa shape index (κ2) is 8.76. The van der Waals surface area contributed by atoms with E-state index >= 15 is 0 Å². The van der Waals surface area contributed by atoms with Crippen molar-refractivity contribution in [3.05, 3.63) is 54.0 Å². The fraction of sp³-hybridized carbons (Fsp3) is 0.316. The number of sulfone groups is 1. The highest BCUT2D eigenvalue weighted by Gasteiger charge is 2.30. The van der Waals surface area contributed by atoms with Gasteiger partial charge < -0.3 is 15.6 Å². The summed E-state index contributed by atoms with van der Waals surface area (Å²) in [5.41, 5.74) is 4.87. The van der Waals surface area contributed by atoms with Crippen LogP contribution in [0.5, 0.6) is 0 Å². The Labute approximate surface area is 173 Å². The van der Waals surface area contributed by atoms with Crippen LogP contribution in [-0.4, -0.2) is 42.7 Å². The molecule has 3 N–H and O–H groups in total. The van der Waals surface area contributed by atoms with E-state index in [1.54, 1.807) is 20.8 Å². The standard InChI is InChI=1S/C19H22FN3O6S/c1-19(2,3)29-18(26)23(11-16(24)25)15-6-4-5-14(22-15)17(21)30(27,28)13-9-7-12(20)8-10-13/h4-10,17H,11,21H2,1-3H3,(H,24,25). The van der Waals surface area contributed by atoms with Crippen molar-refractivity contribution in [1.82, 2.24) is 4.98 Å². The summed E-state index contributed by atoms with van der Waals surface area (Å²) < 4.78 is 43.8. The third kappa shape index (κ3) is 5.74. The zero-order valence-electron chi connectivity index (χ0n) is 16.6. The van der Waals surface area contributed by atoms with Gasteiger partial charge in [0.25, 0.3) is 0 Å². The van der Waals surface area contributed by atoms with Gasteiger partial charge in [-0.25, -0.2) is 22.6 Å². The first-order valence-electron chi connectivity index (χ1n) is 8.75. The van der Waals surface area contributed by atoms with Gasteiger partial charge in [-0.15, -0.1) is 0 Å². The number of pyridine rings is 1. The number of rotatable bonds is 6. The molecule has 1 unspecified atom stereocenters. The van der Waals surface area contributed by atoms with E-state index in [0.717, 1.165) is 29.2 Å². The summed E-state index contributed by atoms with van der Waals surface area (Å²) >= 11 is 0. The van der Waals surface area contributed by atoms with E-state index in [-0.39, 0.29) is 16.4 Å². The quantitative estimate of drug-likeness (QED) is 0.654. The molecule has 0 aliphatic rings. The topological polar surface area (TPSA) is 140 Å². The van der Waals surface area contributed by atoms with Crippen LogP contribution in [0, 0.1) is 5.82 Å². The molecule has 11 heteroatoms. The molecule has 0 bridgehead atoms. The van der Waals surface area contributed by atoms with Crippen molar-refractivity contribution in [3.8, 4) is 0 Å². The van der Waals surface area contributed by atoms with Gasteiger partial charge in [-0.05, 0) is 57.2 Å². The molecule has 9 nitrogen and oxygen atoms in total. The summed E-state index contributed by atoms with van der Waals surface area (Å²) in [6, 6.07) is 8.16. The van der Waals surface area contributed by atoms with Crippen LogP contribution in [0.1, 0.15) is 31.8 Å². The van der Waals surface area contributed by atoms with Gasteiger partial charge in [0.05, 0.1) is 10.6 Å². The molecule has 30 heavy (non-hydrogen) atoms. The van der Waals surface area contributed by atoms with Crippen LogP contribution in [0.25, 0.3) is 0 Å². The molecule has 1 atom stereocenters. The molecule has 1 heterocycles. The van der Waals surface area contributed by atoms with Crippen LogP contribution in [0.3, 0.4) is 0 Å².